The molecule has 308 valence electrons. The molecule has 0 radical (unpaired) electrons. The van der Waals surface area contributed by atoms with Crippen molar-refractivity contribution in [2.75, 3.05) is 33.5 Å². The summed E-state index contributed by atoms with van der Waals surface area (Å²) in [6, 6.07) is 23.2. The van der Waals surface area contributed by atoms with Crippen LogP contribution < -0.4 is 149 Å². The molecule has 0 aliphatic heterocycles. The first-order valence-corrected chi connectivity index (χ1v) is 20.3. The maximum atomic E-state index is 12.4. The van der Waals surface area contributed by atoms with Crippen LogP contribution in [0.25, 0.3) is 12.2 Å². The fraction of sp³-hybridized carbons (Fsp3) is 0.0556. The summed E-state index contributed by atoms with van der Waals surface area (Å²) < 4.78 is 74.6. The van der Waals surface area contributed by atoms with E-state index in [0.29, 0.717) is 11.4 Å². The molecule has 0 saturated heterocycles. The number of anilines is 8. The Morgan fingerprint density at radius 3 is 1.20 bits per heavy atom. The van der Waals surface area contributed by atoms with Crippen LogP contribution in [0.3, 0.4) is 0 Å². The molecule has 20 nitrogen and oxygen atoms in total. The number of halogens is 2. The number of carboxylic acids is 2. The molecule has 2 heterocycles. The van der Waals surface area contributed by atoms with E-state index in [0.717, 1.165) is 24.3 Å². The average Bonchev–Trinajstić information content (AvgIpc) is 3.18. The van der Waals surface area contributed by atoms with E-state index in [4.69, 9.17) is 23.2 Å². The minimum absolute atomic E-state index is 0. The van der Waals surface area contributed by atoms with Crippen LogP contribution in [0.5, 0.6) is 0 Å². The summed E-state index contributed by atoms with van der Waals surface area (Å²) in [6.07, 6.45) is 2.18. The van der Waals surface area contributed by atoms with E-state index in [-0.39, 0.29) is 175 Å². The largest absolute Gasteiger partial charge is 1.00 e. The number of carbonyl (C=O) groups is 2. The van der Waals surface area contributed by atoms with Crippen LogP contribution in [-0.4, -0.2) is 80.9 Å². The smallest absolute Gasteiger partial charge is 0.744 e. The Balaban J connectivity index is 0.00000352. The van der Waals surface area contributed by atoms with E-state index in [2.05, 4.69) is 40.5 Å². The molecule has 0 saturated carbocycles. The third-order valence-electron chi connectivity index (χ3n) is 7.91. The Kier molecular flexibility index (Phi) is 22.7. The second kappa shape index (κ2) is 25.4. The number of benzene rings is 4. The summed E-state index contributed by atoms with van der Waals surface area (Å²) >= 11 is 12.2. The number of para-hydroxylation sites is 2. The van der Waals surface area contributed by atoms with Crippen LogP contribution in [0.2, 0.25) is 10.6 Å². The summed E-state index contributed by atoms with van der Waals surface area (Å²) in [7, 11) is -10.4. The van der Waals surface area contributed by atoms with Gasteiger partial charge in [0.1, 0.15) is 20.2 Å². The van der Waals surface area contributed by atoms with E-state index >= 15 is 0 Å². The number of hydrogen-bond donors (Lipinski definition) is 2. The maximum Gasteiger partial charge on any atom is 1.00 e. The van der Waals surface area contributed by atoms with E-state index in [1.807, 2.05) is 0 Å². The molecule has 0 unspecified atom stereocenters. The molecule has 0 spiro atoms. The van der Waals surface area contributed by atoms with Gasteiger partial charge in [0.15, 0.2) is 0 Å². The first-order chi connectivity index (χ1) is 28.4. The standard InChI is InChI=1S/C36H28Cl2N10O10S2.4Na/c37-31-41-33(45-35(43-31)47(19-29(49)50)25-7-3-1-4-8-25)39-23-15-13-21(27(17-23)59(53,54)55)11-12-22-14-16-24(18-28(22)60(56,57)58)40-34-42-32(38)44-36(46-34)48(20-30(51)52)26-9-5-2-6-10-26;;;;/h1-18H,19-20H2,(H,49,50)(H,51,52)(H,53,54,55)(H,56,57,58)(H,39,41,43,45)(H,40,42,44,46);;;;/q;4*+1/p-4/b12-11+;;;;. The normalized spacial score (nSPS) is 10.9. The molecule has 0 aliphatic rings. The molecule has 64 heavy (non-hydrogen) atoms. The molecule has 6 rings (SSSR count). The third-order valence-corrected chi connectivity index (χ3v) is 10.0. The Bertz CT molecular complexity index is 2670. The molecule has 28 heteroatoms. The van der Waals surface area contributed by atoms with E-state index in [1.54, 1.807) is 60.7 Å². The summed E-state index contributed by atoms with van der Waals surface area (Å²) in [4.78, 5) is 48.1. The van der Waals surface area contributed by atoms with Crippen LogP contribution in [-0.2, 0) is 29.8 Å². The molecule has 2 N–H and O–H groups in total. The number of nitrogens with zero attached hydrogens (tertiary/aromatic N) is 8. The molecule has 4 aromatic carbocycles. The molecule has 0 aliphatic carbocycles. The quantitative estimate of drug-likeness (QED) is 0.0517. The first kappa shape index (κ1) is 57.3. The van der Waals surface area contributed by atoms with Gasteiger partial charge >= 0.3 is 118 Å². The number of carboxylic acid groups (broad SMARTS) is 2. The molecular weight excluding hydrogens is 959 g/mol. The second-order valence-corrected chi connectivity index (χ2v) is 15.4. The predicted octanol–water partition coefficient (Wildman–Crippen LogP) is -9.38. The van der Waals surface area contributed by atoms with Crippen molar-refractivity contribution in [3.05, 3.63) is 119 Å². The number of hydrogen-bond acceptors (Lipinski definition) is 20. The van der Waals surface area contributed by atoms with Gasteiger partial charge in [0.05, 0.1) is 34.8 Å². The van der Waals surface area contributed by atoms with Crippen molar-refractivity contribution in [1.29, 1.82) is 0 Å². The van der Waals surface area contributed by atoms with Crippen LogP contribution >= 0.6 is 23.2 Å². The number of aromatic nitrogens is 6. The SMILES string of the molecule is O=C([O-])CN(c1ccccc1)c1nc(Cl)nc(Nc2ccc(/C=C/c3ccc(Nc4nc(Cl)nc(N(CC(=O)[O-])c5ccccc5)n4)cc3S(=O)(=O)[O-])c(S(=O)(=O)[O-])c2)n1.[Na+].[Na+].[Na+].[Na+]. The fourth-order valence-corrected chi connectivity index (χ4v) is 7.14. The third kappa shape index (κ3) is 15.9. The number of nitrogens with one attached hydrogen (secondary N) is 2. The van der Waals surface area contributed by atoms with E-state index in [9.17, 15) is 45.7 Å². The van der Waals surface area contributed by atoms with Gasteiger partial charge in [-0.2, -0.15) is 29.9 Å². The van der Waals surface area contributed by atoms with Gasteiger partial charge in [0.2, 0.25) is 34.4 Å². The summed E-state index contributed by atoms with van der Waals surface area (Å²) in [5.74, 6) is -3.87. The van der Waals surface area contributed by atoms with Crippen molar-refractivity contribution in [3.63, 3.8) is 0 Å². The topological polar surface area (TPSA) is 303 Å². The number of rotatable bonds is 16. The zero-order chi connectivity index (χ0) is 43.2. The van der Waals surface area contributed by atoms with E-state index in [1.165, 1.54) is 34.1 Å². The monoisotopic (exact) mass is 982 g/mol. The van der Waals surface area contributed by atoms with Crippen LogP contribution in [0, 0.1) is 0 Å². The summed E-state index contributed by atoms with van der Waals surface area (Å²) in [6.45, 7) is -1.34. The van der Waals surface area contributed by atoms with Gasteiger partial charge in [-0.3, -0.25) is 0 Å². The van der Waals surface area contributed by atoms with Crippen molar-refractivity contribution in [2.24, 2.45) is 0 Å². The molecule has 6 aromatic rings. The molecule has 0 atom stereocenters. The average molecular weight is 984 g/mol. The van der Waals surface area contributed by atoms with Gasteiger partial charge in [-0.1, -0.05) is 60.7 Å². The van der Waals surface area contributed by atoms with Gasteiger partial charge in [-0.05, 0) is 82.9 Å². The first-order valence-electron chi connectivity index (χ1n) is 16.7. The van der Waals surface area contributed by atoms with Crippen LogP contribution in [0.4, 0.5) is 46.5 Å². The van der Waals surface area contributed by atoms with Crippen molar-refractivity contribution >= 4 is 114 Å². The zero-order valence-corrected chi connectivity index (χ0v) is 45.2. The molecule has 2 aromatic heterocycles. The zero-order valence-electron chi connectivity index (χ0n) is 34.0. The van der Waals surface area contributed by atoms with Gasteiger partial charge in [-0.25, -0.2) is 16.8 Å². The summed E-state index contributed by atoms with van der Waals surface area (Å²) in [5.41, 5.74) is 0.249. The fourth-order valence-electron chi connectivity index (χ4n) is 5.43. The summed E-state index contributed by atoms with van der Waals surface area (Å²) in [5, 5.41) is 27.7. The Hall–Kier alpha value is -2.82. The predicted molar refractivity (Wildman–Crippen MR) is 211 cm³/mol. The minimum Gasteiger partial charge on any atom is -0.744 e. The molecule has 0 fully saturated rings. The van der Waals surface area contributed by atoms with Crippen molar-refractivity contribution in [1.82, 2.24) is 29.9 Å². The van der Waals surface area contributed by atoms with Gasteiger partial charge in [-0.15, -0.1) is 0 Å². The van der Waals surface area contributed by atoms with Crippen molar-refractivity contribution in [3.8, 4) is 0 Å². The second-order valence-electron chi connectivity index (χ2n) is 12.0. The van der Waals surface area contributed by atoms with Crippen LogP contribution in [0.15, 0.2) is 107 Å². The molecule has 0 bridgehead atoms. The van der Waals surface area contributed by atoms with Crippen molar-refractivity contribution in [2.45, 2.75) is 9.79 Å². The molecular formula is C36H24Cl2N10Na4O10S2. The van der Waals surface area contributed by atoms with Gasteiger partial charge in [0, 0.05) is 22.7 Å². The number of carbonyl (C=O) groups excluding carboxylic acids is 2. The minimum atomic E-state index is -5.21. The van der Waals surface area contributed by atoms with Gasteiger partial charge in [0.25, 0.3) is 0 Å². The van der Waals surface area contributed by atoms with E-state index < -0.39 is 55.1 Å². The Morgan fingerprint density at radius 1 is 0.547 bits per heavy atom. The van der Waals surface area contributed by atoms with Gasteiger partial charge < -0.3 is 49.3 Å². The van der Waals surface area contributed by atoms with Crippen LogP contribution in [0.1, 0.15) is 11.1 Å². The Labute approximate surface area is 464 Å². The maximum absolute atomic E-state index is 12.4. The number of aliphatic carboxylic acids is 2. The Morgan fingerprint density at radius 2 is 0.891 bits per heavy atom. The molecule has 0 amide bonds. The van der Waals surface area contributed by atoms with Crippen molar-refractivity contribution < 1.29 is 164 Å².